The van der Waals surface area contributed by atoms with Crippen molar-refractivity contribution in [3.63, 3.8) is 0 Å². The monoisotopic (exact) mass is 302 g/mol. The van der Waals surface area contributed by atoms with Gasteiger partial charge in [0.15, 0.2) is 0 Å². The predicted molar refractivity (Wildman–Crippen MR) is 64.4 cm³/mol. The van der Waals surface area contributed by atoms with Gasteiger partial charge in [-0.3, -0.25) is 14.9 Å². The second-order valence-electron chi connectivity index (χ2n) is 3.35. The van der Waals surface area contributed by atoms with Gasteiger partial charge in [-0.1, -0.05) is 15.9 Å². The summed E-state index contributed by atoms with van der Waals surface area (Å²) >= 11 is 3.14. The number of methoxy groups -OCH3 is 1. The smallest absolute Gasteiger partial charge is 0.307 e. The van der Waals surface area contributed by atoms with Gasteiger partial charge in [-0.05, 0) is 12.1 Å². The Morgan fingerprint density at radius 3 is 2.82 bits per heavy atom. The third kappa shape index (κ3) is 3.50. The molecule has 2 N–H and O–H groups in total. The number of hydrogen-bond acceptors (Lipinski definition) is 5. The van der Waals surface area contributed by atoms with Crippen molar-refractivity contribution in [3.8, 4) is 0 Å². The van der Waals surface area contributed by atoms with Gasteiger partial charge < -0.3 is 10.5 Å². The Morgan fingerprint density at radius 2 is 2.29 bits per heavy atom. The number of nitrogens with zero attached hydrogens (tertiary/aromatic N) is 1. The van der Waals surface area contributed by atoms with Crippen molar-refractivity contribution in [1.82, 2.24) is 0 Å². The quantitative estimate of drug-likeness (QED) is 0.521. The van der Waals surface area contributed by atoms with Crippen molar-refractivity contribution in [3.05, 3.63) is 38.3 Å². The number of hydrogen-bond donors (Lipinski definition) is 1. The van der Waals surface area contributed by atoms with Crippen LogP contribution in [0.3, 0.4) is 0 Å². The maximum atomic E-state index is 11.1. The van der Waals surface area contributed by atoms with Crippen LogP contribution in [-0.4, -0.2) is 18.0 Å². The highest BCUT2D eigenvalue weighted by molar-refractivity contribution is 9.10. The molecule has 1 aromatic carbocycles. The molecule has 7 heteroatoms. The first-order chi connectivity index (χ1) is 7.95. The third-order valence-electron chi connectivity index (χ3n) is 2.20. The summed E-state index contributed by atoms with van der Waals surface area (Å²) in [6, 6.07) is 3.76. The minimum absolute atomic E-state index is 0.0982. The number of nitro benzene ring substituents is 1. The lowest BCUT2D eigenvalue weighted by Gasteiger charge is -2.11. The molecule has 0 amide bonds. The van der Waals surface area contributed by atoms with E-state index < -0.39 is 16.9 Å². The summed E-state index contributed by atoms with van der Waals surface area (Å²) in [5.74, 6) is -0.505. The maximum absolute atomic E-state index is 11.1. The van der Waals surface area contributed by atoms with Gasteiger partial charge in [0.05, 0.1) is 18.5 Å². The van der Waals surface area contributed by atoms with Crippen LogP contribution in [0.4, 0.5) is 5.69 Å². The summed E-state index contributed by atoms with van der Waals surface area (Å²) < 4.78 is 5.05. The molecule has 0 radical (unpaired) electrons. The van der Waals surface area contributed by atoms with E-state index in [2.05, 4.69) is 20.7 Å². The molecule has 92 valence electrons. The minimum atomic E-state index is -0.754. The van der Waals surface area contributed by atoms with Crippen molar-refractivity contribution in [2.75, 3.05) is 7.11 Å². The lowest BCUT2D eigenvalue weighted by Crippen LogP contribution is -2.17. The molecule has 1 aromatic rings. The molecule has 0 aliphatic heterocycles. The summed E-state index contributed by atoms with van der Waals surface area (Å²) in [4.78, 5) is 21.4. The zero-order chi connectivity index (χ0) is 13.0. The number of carbonyl (C=O) groups excluding carboxylic acids is 1. The van der Waals surface area contributed by atoms with Gasteiger partial charge in [-0.25, -0.2) is 0 Å². The molecule has 0 bridgehead atoms. The topological polar surface area (TPSA) is 95.5 Å². The largest absolute Gasteiger partial charge is 0.469 e. The molecule has 17 heavy (non-hydrogen) atoms. The van der Waals surface area contributed by atoms with Gasteiger partial charge in [0.25, 0.3) is 5.69 Å². The van der Waals surface area contributed by atoms with E-state index in [0.717, 1.165) is 0 Å². The highest BCUT2D eigenvalue weighted by Gasteiger charge is 2.21. The molecular weight excluding hydrogens is 292 g/mol. The van der Waals surface area contributed by atoms with Gasteiger partial charge >= 0.3 is 5.97 Å². The average Bonchev–Trinajstić information content (AvgIpc) is 2.28. The first-order valence-corrected chi connectivity index (χ1v) is 5.51. The van der Waals surface area contributed by atoms with Crippen molar-refractivity contribution in [1.29, 1.82) is 0 Å². The van der Waals surface area contributed by atoms with E-state index in [0.29, 0.717) is 10.0 Å². The van der Waals surface area contributed by atoms with Gasteiger partial charge in [0, 0.05) is 22.1 Å². The number of nitro groups is 1. The Bertz CT molecular complexity index is 450. The Balaban J connectivity index is 3.04. The number of rotatable bonds is 4. The first-order valence-electron chi connectivity index (χ1n) is 4.72. The summed E-state index contributed by atoms with van der Waals surface area (Å²) in [6.07, 6.45) is -0.0982. The van der Waals surface area contributed by atoms with E-state index in [-0.39, 0.29) is 12.1 Å². The highest BCUT2D eigenvalue weighted by atomic mass is 79.9. The predicted octanol–water partition coefficient (Wildman–Crippen LogP) is 1.92. The van der Waals surface area contributed by atoms with Crippen LogP contribution in [-0.2, 0) is 9.53 Å². The van der Waals surface area contributed by atoms with E-state index >= 15 is 0 Å². The van der Waals surface area contributed by atoms with E-state index in [1.807, 2.05) is 0 Å². The summed E-state index contributed by atoms with van der Waals surface area (Å²) in [7, 11) is 1.24. The summed E-state index contributed by atoms with van der Waals surface area (Å²) in [6.45, 7) is 0. The molecule has 0 heterocycles. The molecule has 0 unspecified atom stereocenters. The number of halogens is 1. The molecule has 0 saturated heterocycles. The average molecular weight is 303 g/mol. The summed E-state index contributed by atoms with van der Waals surface area (Å²) in [5.41, 5.74) is 5.93. The van der Waals surface area contributed by atoms with Gasteiger partial charge in [-0.2, -0.15) is 0 Å². The standard InChI is InChI=1S/C10H11BrN2O4/c1-17-10(14)5-8(12)7-3-2-6(11)4-9(7)13(15)16/h2-4,8H,5,12H2,1H3/t8-/m1/s1. The van der Waals surface area contributed by atoms with Crippen LogP contribution in [0.25, 0.3) is 0 Å². The van der Waals surface area contributed by atoms with E-state index in [4.69, 9.17) is 5.73 Å². The van der Waals surface area contributed by atoms with Crippen molar-refractivity contribution >= 4 is 27.6 Å². The number of carbonyl (C=O) groups is 1. The SMILES string of the molecule is COC(=O)C[C@@H](N)c1ccc(Br)cc1[N+](=O)[O-]. The normalized spacial score (nSPS) is 11.9. The zero-order valence-corrected chi connectivity index (χ0v) is 10.6. The second kappa shape index (κ2) is 5.74. The fourth-order valence-corrected chi connectivity index (χ4v) is 1.71. The van der Waals surface area contributed by atoms with Crippen molar-refractivity contribution in [2.45, 2.75) is 12.5 Å². The van der Waals surface area contributed by atoms with Gasteiger partial charge in [-0.15, -0.1) is 0 Å². The van der Waals surface area contributed by atoms with Crippen LogP contribution in [0.2, 0.25) is 0 Å². The van der Waals surface area contributed by atoms with Crippen LogP contribution in [0, 0.1) is 10.1 Å². The molecule has 0 fully saturated rings. The molecule has 0 spiro atoms. The van der Waals surface area contributed by atoms with Gasteiger partial charge in [0.1, 0.15) is 0 Å². The van der Waals surface area contributed by atoms with E-state index in [9.17, 15) is 14.9 Å². The molecule has 0 aliphatic carbocycles. The molecule has 1 atom stereocenters. The fourth-order valence-electron chi connectivity index (χ4n) is 1.36. The Kier molecular flexibility index (Phi) is 4.59. The first kappa shape index (κ1) is 13.6. The van der Waals surface area contributed by atoms with Crippen LogP contribution < -0.4 is 5.73 Å². The highest BCUT2D eigenvalue weighted by Crippen LogP contribution is 2.28. The van der Waals surface area contributed by atoms with Crippen LogP contribution in [0.5, 0.6) is 0 Å². The number of ether oxygens (including phenoxy) is 1. The Hall–Kier alpha value is -1.47. The maximum Gasteiger partial charge on any atom is 0.307 e. The van der Waals surface area contributed by atoms with E-state index in [1.54, 1.807) is 6.07 Å². The number of benzene rings is 1. The Morgan fingerprint density at radius 1 is 1.65 bits per heavy atom. The zero-order valence-electron chi connectivity index (χ0n) is 9.05. The van der Waals surface area contributed by atoms with Crippen molar-refractivity contribution in [2.24, 2.45) is 5.73 Å². The third-order valence-corrected chi connectivity index (χ3v) is 2.70. The summed E-state index contributed by atoms with van der Waals surface area (Å²) in [5, 5.41) is 10.8. The van der Waals surface area contributed by atoms with Crippen LogP contribution >= 0.6 is 15.9 Å². The molecule has 0 aromatic heterocycles. The van der Waals surface area contributed by atoms with Crippen molar-refractivity contribution < 1.29 is 14.5 Å². The molecular formula is C10H11BrN2O4. The number of esters is 1. The molecule has 0 saturated carbocycles. The fraction of sp³-hybridized carbons (Fsp3) is 0.300. The molecule has 1 rings (SSSR count). The second-order valence-corrected chi connectivity index (χ2v) is 4.26. The molecule has 6 nitrogen and oxygen atoms in total. The lowest BCUT2D eigenvalue weighted by molar-refractivity contribution is -0.385. The molecule has 0 aliphatic rings. The van der Waals surface area contributed by atoms with Crippen LogP contribution in [0.15, 0.2) is 22.7 Å². The van der Waals surface area contributed by atoms with Gasteiger partial charge in [0.2, 0.25) is 0 Å². The lowest BCUT2D eigenvalue weighted by atomic mass is 10.0. The minimum Gasteiger partial charge on any atom is -0.469 e. The van der Waals surface area contributed by atoms with Crippen LogP contribution in [0.1, 0.15) is 18.0 Å². The number of nitrogens with two attached hydrogens (primary N) is 1. The van der Waals surface area contributed by atoms with E-state index in [1.165, 1.54) is 19.2 Å². The Labute approximate surface area is 106 Å².